The molecule has 0 aliphatic carbocycles. The number of esters is 1. The zero-order valence-corrected chi connectivity index (χ0v) is 11.1. The number of rotatable bonds is 7. The van der Waals surface area contributed by atoms with Crippen molar-refractivity contribution in [1.82, 2.24) is 10.3 Å². The monoisotopic (exact) mass is 271 g/mol. The molecule has 0 saturated carbocycles. The van der Waals surface area contributed by atoms with E-state index in [1.807, 2.05) is 0 Å². The number of carbonyl (C=O) groups is 2. The van der Waals surface area contributed by atoms with Gasteiger partial charge < -0.3 is 15.8 Å². The highest BCUT2D eigenvalue weighted by Gasteiger charge is 2.10. The van der Waals surface area contributed by atoms with Gasteiger partial charge in [0.1, 0.15) is 0 Å². The van der Waals surface area contributed by atoms with Gasteiger partial charge in [0, 0.05) is 24.8 Å². The number of aromatic nitrogens is 1. The average molecular weight is 271 g/mol. The van der Waals surface area contributed by atoms with Gasteiger partial charge in [-0.2, -0.15) is 0 Å². The second-order valence-corrected chi connectivity index (χ2v) is 4.55. The Balaban J connectivity index is 2.29. The maximum atomic E-state index is 11.3. The second-order valence-electron chi connectivity index (χ2n) is 3.61. The van der Waals surface area contributed by atoms with Crippen molar-refractivity contribution < 1.29 is 14.3 Å². The van der Waals surface area contributed by atoms with Crippen LogP contribution in [0.25, 0.3) is 0 Å². The number of nitrogens with two attached hydrogens (primary N) is 1. The summed E-state index contributed by atoms with van der Waals surface area (Å²) in [7, 11) is 1.32. The molecule has 18 heavy (non-hydrogen) atoms. The van der Waals surface area contributed by atoms with E-state index < -0.39 is 5.97 Å². The number of nitrogens with one attached hydrogen (secondary N) is 1. The highest BCUT2D eigenvalue weighted by Crippen LogP contribution is 2.10. The van der Waals surface area contributed by atoms with Crippen LogP contribution >= 0.6 is 11.3 Å². The van der Waals surface area contributed by atoms with Crippen LogP contribution in [0.5, 0.6) is 0 Å². The van der Waals surface area contributed by atoms with E-state index in [0.29, 0.717) is 38.0 Å². The molecule has 0 aromatic carbocycles. The molecule has 0 saturated heterocycles. The summed E-state index contributed by atoms with van der Waals surface area (Å²) in [5.41, 5.74) is 5.62. The molecule has 100 valence electrons. The van der Waals surface area contributed by atoms with Gasteiger partial charge in [0.15, 0.2) is 5.69 Å². The standard InChI is InChI=1S/C11H17N3O3S/c1-17-11(16)8-7-18-10(14-8)4-6-13-9(15)3-2-5-12/h7H,2-6,12H2,1H3,(H,13,15). The number of hydrogen-bond acceptors (Lipinski definition) is 6. The Labute approximate surface area is 110 Å². The smallest absolute Gasteiger partial charge is 0.357 e. The molecule has 0 aliphatic rings. The summed E-state index contributed by atoms with van der Waals surface area (Å²) in [6, 6.07) is 0. The van der Waals surface area contributed by atoms with Crippen LogP contribution in [-0.2, 0) is 16.0 Å². The Bertz CT molecular complexity index is 406. The van der Waals surface area contributed by atoms with Gasteiger partial charge in [0.25, 0.3) is 0 Å². The van der Waals surface area contributed by atoms with Gasteiger partial charge in [-0.1, -0.05) is 0 Å². The minimum Gasteiger partial charge on any atom is -0.464 e. The first kappa shape index (κ1) is 14.6. The molecule has 1 rings (SSSR count). The van der Waals surface area contributed by atoms with Gasteiger partial charge in [-0.3, -0.25) is 4.79 Å². The highest BCUT2D eigenvalue weighted by molar-refractivity contribution is 7.09. The molecule has 0 fully saturated rings. The molecule has 3 N–H and O–H groups in total. The van der Waals surface area contributed by atoms with Crippen molar-refractivity contribution in [2.45, 2.75) is 19.3 Å². The fourth-order valence-corrected chi connectivity index (χ4v) is 2.05. The molecule has 0 unspecified atom stereocenters. The largest absolute Gasteiger partial charge is 0.464 e. The van der Waals surface area contributed by atoms with Gasteiger partial charge >= 0.3 is 5.97 Å². The second kappa shape index (κ2) is 7.78. The molecule has 7 heteroatoms. The lowest BCUT2D eigenvalue weighted by atomic mass is 10.3. The van der Waals surface area contributed by atoms with E-state index in [1.165, 1.54) is 18.4 Å². The Morgan fingerprint density at radius 1 is 1.56 bits per heavy atom. The summed E-state index contributed by atoms with van der Waals surface area (Å²) in [5.74, 6) is -0.449. The first-order chi connectivity index (χ1) is 8.67. The number of hydrogen-bond donors (Lipinski definition) is 2. The molecule has 0 radical (unpaired) electrons. The number of nitrogens with zero attached hydrogens (tertiary/aromatic N) is 1. The SMILES string of the molecule is COC(=O)c1csc(CCNC(=O)CCCN)n1. The number of ether oxygens (including phenoxy) is 1. The number of thiazole rings is 1. The molecule has 0 aliphatic heterocycles. The van der Waals surface area contributed by atoms with Crippen molar-refractivity contribution in [1.29, 1.82) is 0 Å². The van der Waals surface area contributed by atoms with Gasteiger partial charge in [-0.25, -0.2) is 9.78 Å². The lowest BCUT2D eigenvalue weighted by Crippen LogP contribution is -2.26. The molecule has 0 atom stereocenters. The molecule has 1 amide bonds. The van der Waals surface area contributed by atoms with Crippen LogP contribution in [0.1, 0.15) is 28.3 Å². The van der Waals surface area contributed by atoms with E-state index in [2.05, 4.69) is 15.0 Å². The molecule has 0 spiro atoms. The van der Waals surface area contributed by atoms with Crippen LogP contribution in [0.2, 0.25) is 0 Å². The van der Waals surface area contributed by atoms with E-state index in [9.17, 15) is 9.59 Å². The van der Waals surface area contributed by atoms with Crippen LogP contribution in [0.4, 0.5) is 0 Å². The van der Waals surface area contributed by atoms with Crippen molar-refractivity contribution in [3.8, 4) is 0 Å². The molecule has 1 heterocycles. The van der Waals surface area contributed by atoms with Crippen LogP contribution < -0.4 is 11.1 Å². The highest BCUT2D eigenvalue weighted by atomic mass is 32.1. The Hall–Kier alpha value is -1.47. The minimum absolute atomic E-state index is 0.00908. The first-order valence-electron chi connectivity index (χ1n) is 5.67. The fraction of sp³-hybridized carbons (Fsp3) is 0.545. The summed E-state index contributed by atoms with van der Waals surface area (Å²) >= 11 is 1.38. The topological polar surface area (TPSA) is 94.3 Å². The molecule has 1 aromatic rings. The Kier molecular flexibility index (Phi) is 6.31. The third-order valence-electron chi connectivity index (χ3n) is 2.22. The Morgan fingerprint density at radius 2 is 2.33 bits per heavy atom. The van der Waals surface area contributed by atoms with Crippen molar-refractivity contribution in [3.63, 3.8) is 0 Å². The summed E-state index contributed by atoms with van der Waals surface area (Å²) in [6.45, 7) is 1.03. The lowest BCUT2D eigenvalue weighted by molar-refractivity contribution is -0.121. The van der Waals surface area contributed by atoms with Crippen LogP contribution in [0, 0.1) is 0 Å². The molecule has 1 aromatic heterocycles. The summed E-state index contributed by atoms with van der Waals surface area (Å²) in [6.07, 6.45) is 1.74. The summed E-state index contributed by atoms with van der Waals surface area (Å²) in [4.78, 5) is 26.6. The third kappa shape index (κ3) is 4.80. The van der Waals surface area contributed by atoms with E-state index in [0.717, 1.165) is 5.01 Å². The first-order valence-corrected chi connectivity index (χ1v) is 6.54. The zero-order valence-electron chi connectivity index (χ0n) is 10.3. The van der Waals surface area contributed by atoms with Gasteiger partial charge in [0.05, 0.1) is 12.1 Å². The van der Waals surface area contributed by atoms with Crippen molar-refractivity contribution in [3.05, 3.63) is 16.1 Å². The Morgan fingerprint density at radius 3 is 3.00 bits per heavy atom. The van der Waals surface area contributed by atoms with Crippen molar-refractivity contribution >= 4 is 23.2 Å². The fourth-order valence-electron chi connectivity index (χ4n) is 1.28. The van der Waals surface area contributed by atoms with Gasteiger partial charge in [0.2, 0.25) is 5.91 Å². The van der Waals surface area contributed by atoms with E-state index >= 15 is 0 Å². The molecular weight excluding hydrogens is 254 g/mol. The van der Waals surface area contributed by atoms with Crippen molar-refractivity contribution in [2.24, 2.45) is 5.73 Å². The quantitative estimate of drug-likeness (QED) is 0.697. The average Bonchev–Trinajstić information content (AvgIpc) is 2.84. The van der Waals surface area contributed by atoms with Crippen molar-refractivity contribution in [2.75, 3.05) is 20.2 Å². The molecular formula is C11H17N3O3S. The maximum absolute atomic E-state index is 11.3. The van der Waals surface area contributed by atoms with Gasteiger partial charge in [-0.15, -0.1) is 11.3 Å². The minimum atomic E-state index is -0.440. The number of amides is 1. The zero-order chi connectivity index (χ0) is 13.4. The number of methoxy groups -OCH3 is 1. The predicted octanol–water partition coefficient (Wildman–Crippen LogP) is 0.327. The normalized spacial score (nSPS) is 10.1. The van der Waals surface area contributed by atoms with E-state index in [-0.39, 0.29) is 5.91 Å². The predicted molar refractivity (Wildman–Crippen MR) is 68.5 cm³/mol. The van der Waals surface area contributed by atoms with Crippen LogP contribution in [-0.4, -0.2) is 37.1 Å². The summed E-state index contributed by atoms with van der Waals surface area (Å²) in [5, 5.41) is 5.23. The summed E-state index contributed by atoms with van der Waals surface area (Å²) < 4.78 is 4.56. The third-order valence-corrected chi connectivity index (χ3v) is 3.12. The van der Waals surface area contributed by atoms with E-state index in [4.69, 9.17) is 5.73 Å². The van der Waals surface area contributed by atoms with Crippen LogP contribution in [0.3, 0.4) is 0 Å². The van der Waals surface area contributed by atoms with E-state index in [1.54, 1.807) is 5.38 Å². The molecule has 0 bridgehead atoms. The maximum Gasteiger partial charge on any atom is 0.357 e. The lowest BCUT2D eigenvalue weighted by Gasteiger charge is -2.02. The van der Waals surface area contributed by atoms with Gasteiger partial charge in [-0.05, 0) is 13.0 Å². The molecule has 6 nitrogen and oxygen atoms in total. The number of carbonyl (C=O) groups excluding carboxylic acids is 2. The van der Waals surface area contributed by atoms with Crippen LogP contribution in [0.15, 0.2) is 5.38 Å².